The Morgan fingerprint density at radius 1 is 1.15 bits per heavy atom. The summed E-state index contributed by atoms with van der Waals surface area (Å²) in [5.41, 5.74) is 2.85. The van der Waals surface area contributed by atoms with E-state index in [1.165, 1.54) is 0 Å². The maximum absolute atomic E-state index is 9.40. The molecule has 0 unspecified atom stereocenters. The van der Waals surface area contributed by atoms with E-state index in [9.17, 15) is 5.11 Å². The summed E-state index contributed by atoms with van der Waals surface area (Å²) < 4.78 is 6.21. The molecular weight excluding hydrogens is 371 g/mol. The topological polar surface area (TPSA) is 49.0 Å². The van der Waals surface area contributed by atoms with Crippen molar-refractivity contribution in [1.29, 1.82) is 0 Å². The Morgan fingerprint density at radius 3 is 2.73 bits per heavy atom. The van der Waals surface area contributed by atoms with Crippen LogP contribution in [0, 0.1) is 0 Å². The van der Waals surface area contributed by atoms with Gasteiger partial charge in [-0.3, -0.25) is 4.99 Å². The number of benzene rings is 2. The van der Waals surface area contributed by atoms with E-state index in [1.54, 1.807) is 0 Å². The van der Waals surface area contributed by atoms with E-state index in [2.05, 4.69) is 17.0 Å². The molecule has 0 radical (unpaired) electrons. The molecule has 4 rings (SSSR count). The first-order valence-electron chi connectivity index (χ1n) is 8.46. The third kappa shape index (κ3) is 3.45. The predicted octanol–water partition coefficient (Wildman–Crippen LogP) is 4.62. The Kier molecular flexibility index (Phi) is 5.87. The highest BCUT2D eigenvalue weighted by Gasteiger charge is 2.25. The van der Waals surface area contributed by atoms with E-state index in [-0.39, 0.29) is 19.0 Å². The van der Waals surface area contributed by atoms with Gasteiger partial charge in [-0.2, -0.15) is 0 Å². The van der Waals surface area contributed by atoms with Crippen molar-refractivity contribution in [2.75, 3.05) is 26.2 Å². The van der Waals surface area contributed by atoms with Gasteiger partial charge in [0.1, 0.15) is 5.58 Å². The molecule has 0 saturated heterocycles. The summed E-state index contributed by atoms with van der Waals surface area (Å²) in [6.07, 6.45) is 0.982. The summed E-state index contributed by atoms with van der Waals surface area (Å²) in [5.74, 6) is 1.56. The van der Waals surface area contributed by atoms with E-state index in [0.717, 1.165) is 53.2 Å². The van der Waals surface area contributed by atoms with Crippen LogP contribution in [0.3, 0.4) is 0 Å². The number of hydrogen-bond donors (Lipinski definition) is 1. The standard InChI is InChI=1S/C20H19ClN2O2.ClH/c21-15-7-8-17-16(13-15)18(14-5-2-1-3-6-14)19(25-17)20-22-9-4-10-23(20)11-12-24;/h1-3,5-8,13,24H,4,9-12H2;1H. The van der Waals surface area contributed by atoms with E-state index in [4.69, 9.17) is 21.0 Å². The Bertz CT molecular complexity index is 922. The van der Waals surface area contributed by atoms with Crippen molar-refractivity contribution in [3.8, 4) is 11.1 Å². The molecule has 136 valence electrons. The van der Waals surface area contributed by atoms with Gasteiger partial charge in [0.05, 0.1) is 6.61 Å². The molecule has 4 nitrogen and oxygen atoms in total. The second-order valence-electron chi connectivity index (χ2n) is 6.08. The molecule has 1 aliphatic heterocycles. The van der Waals surface area contributed by atoms with Crippen molar-refractivity contribution < 1.29 is 9.52 Å². The minimum absolute atomic E-state index is 0. The largest absolute Gasteiger partial charge is 0.452 e. The molecule has 3 aromatic rings. The number of amidine groups is 1. The highest BCUT2D eigenvalue weighted by molar-refractivity contribution is 6.31. The van der Waals surface area contributed by atoms with Crippen LogP contribution in [0.1, 0.15) is 12.2 Å². The number of nitrogens with zero attached hydrogens (tertiary/aromatic N) is 2. The van der Waals surface area contributed by atoms with Crippen molar-refractivity contribution in [1.82, 2.24) is 4.90 Å². The first kappa shape index (κ1) is 18.8. The SMILES string of the molecule is Cl.OCCN1CCCN=C1c1oc2ccc(Cl)cc2c1-c1ccccc1. The maximum atomic E-state index is 9.40. The van der Waals surface area contributed by atoms with E-state index >= 15 is 0 Å². The first-order valence-corrected chi connectivity index (χ1v) is 8.84. The van der Waals surface area contributed by atoms with Crippen LogP contribution in [0.25, 0.3) is 22.1 Å². The molecule has 6 heteroatoms. The van der Waals surface area contributed by atoms with Gasteiger partial charge in [-0.15, -0.1) is 12.4 Å². The fourth-order valence-corrected chi connectivity index (χ4v) is 3.50. The number of aliphatic imine (C=N–C) groups is 1. The van der Waals surface area contributed by atoms with Crippen LogP contribution >= 0.6 is 24.0 Å². The van der Waals surface area contributed by atoms with Gasteiger partial charge in [0.15, 0.2) is 11.6 Å². The molecule has 2 heterocycles. The summed E-state index contributed by atoms with van der Waals surface area (Å²) in [7, 11) is 0. The van der Waals surface area contributed by atoms with Crippen molar-refractivity contribution >= 4 is 40.8 Å². The normalized spacial score (nSPS) is 14.2. The lowest BCUT2D eigenvalue weighted by molar-refractivity contribution is 0.244. The number of aliphatic hydroxyl groups is 1. The number of rotatable bonds is 4. The van der Waals surface area contributed by atoms with Gasteiger partial charge in [-0.05, 0) is 30.2 Å². The molecule has 0 fully saturated rings. The van der Waals surface area contributed by atoms with Crippen molar-refractivity contribution in [3.63, 3.8) is 0 Å². The van der Waals surface area contributed by atoms with Crippen LogP contribution in [0.2, 0.25) is 5.02 Å². The van der Waals surface area contributed by atoms with Crippen LogP contribution in [-0.4, -0.2) is 42.1 Å². The molecule has 1 aromatic heterocycles. The second kappa shape index (κ2) is 8.12. The minimum Gasteiger partial charge on any atom is -0.452 e. The monoisotopic (exact) mass is 390 g/mol. The van der Waals surface area contributed by atoms with E-state index in [0.29, 0.717) is 11.6 Å². The van der Waals surface area contributed by atoms with Gasteiger partial charge in [0.25, 0.3) is 0 Å². The molecule has 0 spiro atoms. The van der Waals surface area contributed by atoms with Crippen molar-refractivity contribution in [2.45, 2.75) is 6.42 Å². The molecule has 0 amide bonds. The molecule has 26 heavy (non-hydrogen) atoms. The first-order chi connectivity index (χ1) is 12.3. The summed E-state index contributed by atoms with van der Waals surface area (Å²) in [4.78, 5) is 6.80. The molecular formula is C20H20Cl2N2O2. The summed E-state index contributed by atoms with van der Waals surface area (Å²) >= 11 is 6.24. The van der Waals surface area contributed by atoms with Gasteiger partial charge in [-0.1, -0.05) is 41.9 Å². The van der Waals surface area contributed by atoms with Crippen molar-refractivity contribution in [2.24, 2.45) is 4.99 Å². The molecule has 0 aliphatic carbocycles. The van der Waals surface area contributed by atoms with Gasteiger partial charge < -0.3 is 14.4 Å². The maximum Gasteiger partial charge on any atom is 0.178 e. The zero-order valence-electron chi connectivity index (χ0n) is 14.2. The third-order valence-corrected chi connectivity index (χ3v) is 4.67. The van der Waals surface area contributed by atoms with Gasteiger partial charge in [-0.25, -0.2) is 0 Å². The van der Waals surface area contributed by atoms with Gasteiger partial charge in [0.2, 0.25) is 0 Å². The summed E-state index contributed by atoms with van der Waals surface area (Å²) in [5, 5.41) is 11.1. The quantitative estimate of drug-likeness (QED) is 0.706. The number of furan rings is 1. The molecule has 0 atom stereocenters. The van der Waals surface area contributed by atoms with Crippen LogP contribution in [0.4, 0.5) is 0 Å². The molecule has 1 aliphatic rings. The van der Waals surface area contributed by atoms with E-state index < -0.39 is 0 Å². The van der Waals surface area contributed by atoms with Crippen LogP contribution < -0.4 is 0 Å². The second-order valence-corrected chi connectivity index (χ2v) is 6.52. The lowest BCUT2D eigenvalue weighted by Crippen LogP contribution is -2.38. The third-order valence-electron chi connectivity index (χ3n) is 4.43. The highest BCUT2D eigenvalue weighted by Crippen LogP contribution is 2.37. The number of aliphatic hydroxyl groups excluding tert-OH is 1. The zero-order valence-corrected chi connectivity index (χ0v) is 15.8. The summed E-state index contributed by atoms with van der Waals surface area (Å²) in [6, 6.07) is 15.8. The zero-order chi connectivity index (χ0) is 17.2. The molecule has 0 bridgehead atoms. The fourth-order valence-electron chi connectivity index (χ4n) is 3.32. The number of hydrogen-bond acceptors (Lipinski definition) is 4. The summed E-state index contributed by atoms with van der Waals surface area (Å²) in [6.45, 7) is 2.27. The smallest absolute Gasteiger partial charge is 0.178 e. The number of halogens is 2. The van der Waals surface area contributed by atoms with Crippen LogP contribution in [-0.2, 0) is 0 Å². The predicted molar refractivity (Wildman–Crippen MR) is 109 cm³/mol. The molecule has 2 aromatic carbocycles. The highest BCUT2D eigenvalue weighted by atomic mass is 35.5. The number of β-amino-alcohol motifs (C(OH)–C–C–N with tert-alkyl or cyclic N) is 1. The van der Waals surface area contributed by atoms with Crippen molar-refractivity contribution in [3.05, 3.63) is 59.3 Å². The van der Waals surface area contributed by atoms with Crippen LogP contribution in [0.15, 0.2) is 57.9 Å². The Hall–Kier alpha value is -2.01. The minimum atomic E-state index is 0. The fraction of sp³-hybridized carbons (Fsp3) is 0.250. The lowest BCUT2D eigenvalue weighted by Gasteiger charge is -2.28. The Balaban J connectivity index is 0.00000196. The molecule has 1 N–H and O–H groups in total. The lowest BCUT2D eigenvalue weighted by atomic mass is 10.0. The Morgan fingerprint density at radius 2 is 1.96 bits per heavy atom. The molecule has 0 saturated carbocycles. The number of fused-ring (bicyclic) bond motifs is 1. The van der Waals surface area contributed by atoms with E-state index in [1.807, 2.05) is 36.4 Å². The average Bonchev–Trinajstić information content (AvgIpc) is 3.01. The van der Waals surface area contributed by atoms with Crippen LogP contribution in [0.5, 0.6) is 0 Å². The van der Waals surface area contributed by atoms with Gasteiger partial charge in [0, 0.05) is 35.6 Å². The van der Waals surface area contributed by atoms with Gasteiger partial charge >= 0.3 is 0 Å². The Labute approximate surface area is 163 Å². The average molecular weight is 391 g/mol.